The second-order valence-corrected chi connectivity index (χ2v) is 9.33. The Bertz CT molecular complexity index is 920. The summed E-state index contributed by atoms with van der Waals surface area (Å²) >= 11 is 5.47. The van der Waals surface area contributed by atoms with Crippen molar-refractivity contribution in [1.82, 2.24) is 4.90 Å². The highest BCUT2D eigenvalue weighted by Crippen LogP contribution is 2.34. The summed E-state index contributed by atoms with van der Waals surface area (Å²) < 4.78 is 7.97. The summed E-state index contributed by atoms with van der Waals surface area (Å²) in [4.78, 5) is 25.8. The minimum atomic E-state index is -0.225. The van der Waals surface area contributed by atoms with Crippen molar-refractivity contribution in [3.05, 3.63) is 65.1 Å². The maximum absolute atomic E-state index is 12.3. The fraction of sp³-hybridized carbons (Fsp3) is 0.200. The topological polar surface area (TPSA) is 46.6 Å². The average molecular weight is 605 g/mol. The molecule has 1 aliphatic heterocycles. The summed E-state index contributed by atoms with van der Waals surface area (Å²) in [7, 11) is 0. The van der Waals surface area contributed by atoms with Crippen LogP contribution in [0.3, 0.4) is 0 Å². The molecule has 0 unspecified atom stereocenters. The molecule has 0 aromatic heterocycles. The largest absolute Gasteiger partial charge is 0.487 e. The Morgan fingerprint density at radius 3 is 2.44 bits per heavy atom. The molecule has 0 N–H and O–H groups in total. The first-order chi connectivity index (χ1) is 12.9. The predicted octanol–water partition coefficient (Wildman–Crippen LogP) is 5.84. The number of nitrogens with zero attached hydrogens (tertiary/aromatic N) is 1. The van der Waals surface area contributed by atoms with Crippen LogP contribution in [0.25, 0.3) is 6.08 Å². The molecule has 3 rings (SSSR count). The first kappa shape index (κ1) is 20.7. The molecule has 0 saturated carbocycles. The third-order valence-corrected chi connectivity index (χ3v) is 6.48. The fourth-order valence-corrected chi connectivity index (χ4v) is 5.71. The van der Waals surface area contributed by atoms with Crippen LogP contribution in [0.5, 0.6) is 5.75 Å². The normalized spacial score (nSPS) is 15.7. The van der Waals surface area contributed by atoms with Gasteiger partial charge < -0.3 is 4.74 Å². The van der Waals surface area contributed by atoms with Crippen LogP contribution in [0.1, 0.15) is 23.6 Å². The van der Waals surface area contributed by atoms with Gasteiger partial charge in [-0.1, -0.05) is 29.8 Å². The molecular formula is C20H17I2NO3S. The highest BCUT2D eigenvalue weighted by atomic mass is 127. The van der Waals surface area contributed by atoms with Crippen molar-refractivity contribution in [2.75, 3.05) is 6.54 Å². The Morgan fingerprint density at radius 1 is 1.15 bits per heavy atom. The van der Waals surface area contributed by atoms with Gasteiger partial charge in [-0.15, -0.1) is 0 Å². The first-order valence-corrected chi connectivity index (χ1v) is 11.3. The van der Waals surface area contributed by atoms with E-state index in [9.17, 15) is 9.59 Å². The molecule has 1 fully saturated rings. The van der Waals surface area contributed by atoms with E-state index in [1.165, 1.54) is 10.5 Å². The van der Waals surface area contributed by atoms with Crippen molar-refractivity contribution >= 4 is 74.2 Å². The molecule has 2 aromatic rings. The van der Waals surface area contributed by atoms with Gasteiger partial charge in [0.2, 0.25) is 0 Å². The number of amides is 2. The molecule has 2 amide bonds. The summed E-state index contributed by atoms with van der Waals surface area (Å²) in [6, 6.07) is 12.2. The van der Waals surface area contributed by atoms with Crippen LogP contribution in [-0.4, -0.2) is 22.6 Å². The molecule has 7 heteroatoms. The van der Waals surface area contributed by atoms with Gasteiger partial charge in [0.05, 0.1) is 12.0 Å². The maximum Gasteiger partial charge on any atom is 0.293 e. The molecule has 1 heterocycles. The van der Waals surface area contributed by atoms with Gasteiger partial charge in [-0.2, -0.15) is 0 Å². The molecule has 4 nitrogen and oxygen atoms in total. The number of carbonyl (C=O) groups excluding carboxylic acids is 2. The Balaban J connectivity index is 1.80. The van der Waals surface area contributed by atoms with Crippen LogP contribution in [0.15, 0.2) is 41.3 Å². The number of carbonyl (C=O) groups is 2. The van der Waals surface area contributed by atoms with Gasteiger partial charge in [-0.25, -0.2) is 0 Å². The number of thioether (sulfide) groups is 1. The summed E-state index contributed by atoms with van der Waals surface area (Å²) in [5, 5.41) is -0.212. The average Bonchev–Trinajstić information content (AvgIpc) is 2.87. The van der Waals surface area contributed by atoms with E-state index in [0.717, 1.165) is 35.8 Å². The van der Waals surface area contributed by atoms with E-state index >= 15 is 0 Å². The zero-order valence-corrected chi connectivity index (χ0v) is 19.9. The van der Waals surface area contributed by atoms with Crippen LogP contribution in [0.2, 0.25) is 0 Å². The third-order valence-electron chi connectivity index (χ3n) is 3.97. The van der Waals surface area contributed by atoms with E-state index < -0.39 is 0 Å². The number of likely N-dealkylation sites (N-methyl/N-ethyl adjacent to an activating group) is 1. The van der Waals surface area contributed by atoms with Crippen molar-refractivity contribution in [2.24, 2.45) is 0 Å². The third kappa shape index (κ3) is 4.86. The van der Waals surface area contributed by atoms with Crippen molar-refractivity contribution < 1.29 is 14.3 Å². The second kappa shape index (κ2) is 8.95. The van der Waals surface area contributed by atoms with E-state index in [4.69, 9.17) is 4.74 Å². The molecular weight excluding hydrogens is 588 g/mol. The van der Waals surface area contributed by atoms with Crippen LogP contribution in [0.4, 0.5) is 4.79 Å². The van der Waals surface area contributed by atoms with Gasteiger partial charge in [0.1, 0.15) is 12.4 Å². The maximum atomic E-state index is 12.3. The number of ether oxygens (including phenoxy) is 1. The van der Waals surface area contributed by atoms with Crippen LogP contribution < -0.4 is 4.74 Å². The molecule has 0 bridgehead atoms. The summed E-state index contributed by atoms with van der Waals surface area (Å²) in [5.41, 5.74) is 3.21. The molecule has 1 saturated heterocycles. The highest BCUT2D eigenvalue weighted by molar-refractivity contribution is 14.1. The van der Waals surface area contributed by atoms with Crippen molar-refractivity contribution in [1.29, 1.82) is 0 Å². The lowest BCUT2D eigenvalue weighted by Crippen LogP contribution is -2.27. The number of hydrogen-bond donors (Lipinski definition) is 0. The number of hydrogen-bond acceptors (Lipinski definition) is 4. The monoisotopic (exact) mass is 605 g/mol. The quantitative estimate of drug-likeness (QED) is 0.318. The van der Waals surface area contributed by atoms with E-state index in [1.807, 2.05) is 24.3 Å². The van der Waals surface area contributed by atoms with Crippen molar-refractivity contribution in [3.8, 4) is 5.75 Å². The van der Waals surface area contributed by atoms with Crippen LogP contribution in [0, 0.1) is 14.1 Å². The fourth-order valence-electron chi connectivity index (χ4n) is 2.68. The van der Waals surface area contributed by atoms with Crippen LogP contribution in [-0.2, 0) is 11.4 Å². The lowest BCUT2D eigenvalue weighted by atomic mass is 10.1. The first-order valence-electron chi connectivity index (χ1n) is 8.31. The Kier molecular flexibility index (Phi) is 6.85. The van der Waals surface area contributed by atoms with Gasteiger partial charge in [0.25, 0.3) is 11.1 Å². The SMILES string of the molecule is CCN1C(=O)S/C(=C/c2cc(I)c(OCc3cccc(C)c3)c(I)c2)C1=O. The Morgan fingerprint density at radius 2 is 1.85 bits per heavy atom. The number of imide groups is 1. The zero-order valence-electron chi connectivity index (χ0n) is 14.8. The molecule has 2 aromatic carbocycles. The number of halogens is 2. The molecule has 27 heavy (non-hydrogen) atoms. The van der Waals surface area contributed by atoms with Gasteiger partial charge in [0, 0.05) is 6.54 Å². The lowest BCUT2D eigenvalue weighted by Gasteiger charge is -2.12. The van der Waals surface area contributed by atoms with Gasteiger partial charge >= 0.3 is 0 Å². The van der Waals surface area contributed by atoms with E-state index in [0.29, 0.717) is 18.1 Å². The van der Waals surface area contributed by atoms with E-state index in [1.54, 1.807) is 13.0 Å². The standard InChI is InChI=1S/C20H17I2NO3S/c1-3-23-19(24)17(27-20(23)25)10-14-8-15(21)18(16(22)9-14)26-11-13-6-4-5-12(2)7-13/h4-10H,3,11H2,1-2H3/b17-10+. The van der Waals surface area contributed by atoms with Gasteiger partial charge in [0.15, 0.2) is 0 Å². The Hall–Kier alpha value is -1.07. The molecule has 1 aliphatic rings. The molecule has 0 aliphatic carbocycles. The molecule has 140 valence electrons. The molecule has 0 atom stereocenters. The predicted molar refractivity (Wildman–Crippen MR) is 126 cm³/mol. The molecule has 0 spiro atoms. The smallest absolute Gasteiger partial charge is 0.293 e. The minimum Gasteiger partial charge on any atom is -0.487 e. The lowest BCUT2D eigenvalue weighted by molar-refractivity contribution is -0.122. The number of aryl methyl sites for hydroxylation is 1. The summed E-state index contributed by atoms with van der Waals surface area (Å²) in [6.45, 7) is 4.75. The van der Waals surface area contributed by atoms with Crippen LogP contribution >= 0.6 is 56.9 Å². The van der Waals surface area contributed by atoms with Crippen molar-refractivity contribution in [2.45, 2.75) is 20.5 Å². The minimum absolute atomic E-state index is 0.212. The molecule has 0 radical (unpaired) electrons. The van der Waals surface area contributed by atoms with Gasteiger partial charge in [-0.3, -0.25) is 14.5 Å². The summed E-state index contributed by atoms with van der Waals surface area (Å²) in [6.07, 6.45) is 1.77. The van der Waals surface area contributed by atoms with Gasteiger partial charge in [-0.05, 0) is 100 Å². The van der Waals surface area contributed by atoms with E-state index in [-0.39, 0.29) is 11.1 Å². The van der Waals surface area contributed by atoms with E-state index in [2.05, 4.69) is 64.2 Å². The van der Waals surface area contributed by atoms with Crippen molar-refractivity contribution in [3.63, 3.8) is 0 Å². The second-order valence-electron chi connectivity index (χ2n) is 6.02. The summed E-state index contributed by atoms with van der Waals surface area (Å²) in [5.74, 6) is 0.605. The number of benzene rings is 2. The Labute approximate surface area is 190 Å². The zero-order chi connectivity index (χ0) is 19.6. The highest BCUT2D eigenvalue weighted by Gasteiger charge is 2.33. The number of rotatable bonds is 5.